The van der Waals surface area contributed by atoms with Crippen LogP contribution < -0.4 is 4.90 Å². The molecule has 0 saturated carbocycles. The molecule has 0 spiro atoms. The Kier molecular flexibility index (Phi) is 4.01. The van der Waals surface area contributed by atoms with Gasteiger partial charge in [-0.3, -0.25) is 10.1 Å². The summed E-state index contributed by atoms with van der Waals surface area (Å²) in [6, 6.07) is 7.17. The summed E-state index contributed by atoms with van der Waals surface area (Å²) in [7, 11) is 1.74. The van der Waals surface area contributed by atoms with Crippen LogP contribution in [0.1, 0.15) is 4.88 Å². The number of halogens is 2. The van der Waals surface area contributed by atoms with Gasteiger partial charge in [0.2, 0.25) is 0 Å². The fourth-order valence-corrected chi connectivity index (χ4v) is 2.79. The Hall–Kier alpha value is -1.66. The highest BCUT2D eigenvalue weighted by Gasteiger charge is 2.13. The minimum absolute atomic E-state index is 0.258. The van der Waals surface area contributed by atoms with Crippen molar-refractivity contribution in [2.24, 2.45) is 0 Å². The molecular formula is C12H10ClFN2O2S. The maximum Gasteiger partial charge on any atom is 0.274 e. The maximum absolute atomic E-state index is 13.3. The predicted octanol–water partition coefficient (Wildman–Crippen LogP) is 4.09. The second-order valence-electron chi connectivity index (χ2n) is 3.99. The molecule has 4 nitrogen and oxygen atoms in total. The Morgan fingerprint density at radius 2 is 2.16 bits per heavy atom. The molecule has 0 bridgehead atoms. The van der Waals surface area contributed by atoms with Crippen molar-refractivity contribution in [1.82, 2.24) is 0 Å². The lowest BCUT2D eigenvalue weighted by Crippen LogP contribution is -2.15. The number of non-ortho nitro benzene ring substituents is 1. The number of anilines is 1. The Morgan fingerprint density at radius 1 is 1.42 bits per heavy atom. The van der Waals surface area contributed by atoms with Crippen molar-refractivity contribution in [3.05, 3.63) is 55.5 Å². The molecule has 0 aliphatic rings. The topological polar surface area (TPSA) is 46.4 Å². The van der Waals surface area contributed by atoms with Crippen LogP contribution in [0.2, 0.25) is 4.34 Å². The summed E-state index contributed by atoms with van der Waals surface area (Å²) >= 11 is 7.25. The molecule has 19 heavy (non-hydrogen) atoms. The third-order valence-electron chi connectivity index (χ3n) is 2.54. The molecule has 0 aliphatic carbocycles. The Morgan fingerprint density at radius 3 is 2.74 bits per heavy atom. The molecule has 0 atom stereocenters. The number of thiophene rings is 1. The van der Waals surface area contributed by atoms with Crippen LogP contribution in [0.15, 0.2) is 30.3 Å². The van der Waals surface area contributed by atoms with E-state index in [-0.39, 0.29) is 5.69 Å². The van der Waals surface area contributed by atoms with E-state index in [4.69, 9.17) is 11.6 Å². The van der Waals surface area contributed by atoms with Crippen LogP contribution in [0.3, 0.4) is 0 Å². The molecule has 0 unspecified atom stereocenters. The van der Waals surface area contributed by atoms with Crippen LogP contribution in [-0.4, -0.2) is 12.0 Å². The van der Waals surface area contributed by atoms with Crippen LogP contribution in [0.25, 0.3) is 0 Å². The normalized spacial score (nSPS) is 10.5. The quantitative estimate of drug-likeness (QED) is 0.631. The van der Waals surface area contributed by atoms with Gasteiger partial charge in [-0.05, 0) is 18.2 Å². The smallest absolute Gasteiger partial charge is 0.274 e. The van der Waals surface area contributed by atoms with Crippen LogP contribution in [0, 0.1) is 15.9 Å². The van der Waals surface area contributed by atoms with Gasteiger partial charge in [-0.15, -0.1) is 11.3 Å². The molecule has 7 heteroatoms. The van der Waals surface area contributed by atoms with Crippen LogP contribution in [0.4, 0.5) is 15.8 Å². The largest absolute Gasteiger partial charge is 0.369 e. The first-order valence-electron chi connectivity index (χ1n) is 5.36. The van der Waals surface area contributed by atoms with E-state index in [1.807, 2.05) is 6.07 Å². The van der Waals surface area contributed by atoms with E-state index >= 15 is 0 Å². The zero-order valence-corrected chi connectivity index (χ0v) is 11.5. The highest BCUT2D eigenvalue weighted by Crippen LogP contribution is 2.27. The fraction of sp³-hybridized carbons (Fsp3) is 0.167. The summed E-state index contributed by atoms with van der Waals surface area (Å²) in [5, 5.41) is 10.7. The van der Waals surface area contributed by atoms with Crippen molar-refractivity contribution < 1.29 is 9.31 Å². The summed E-state index contributed by atoms with van der Waals surface area (Å²) < 4.78 is 14.0. The zero-order valence-electron chi connectivity index (χ0n) is 9.97. The molecule has 2 rings (SSSR count). The minimum atomic E-state index is -0.625. The van der Waals surface area contributed by atoms with Gasteiger partial charge in [-0.25, -0.2) is 4.39 Å². The molecule has 100 valence electrons. The number of benzene rings is 1. The van der Waals surface area contributed by atoms with Gasteiger partial charge < -0.3 is 4.90 Å². The molecule has 0 fully saturated rings. The number of nitro groups is 1. The van der Waals surface area contributed by atoms with Crippen molar-refractivity contribution in [3.8, 4) is 0 Å². The first kappa shape index (κ1) is 13.8. The van der Waals surface area contributed by atoms with Gasteiger partial charge in [0, 0.05) is 23.7 Å². The van der Waals surface area contributed by atoms with E-state index in [9.17, 15) is 14.5 Å². The molecule has 1 heterocycles. The van der Waals surface area contributed by atoms with E-state index in [1.54, 1.807) is 18.0 Å². The third-order valence-corrected chi connectivity index (χ3v) is 3.76. The van der Waals surface area contributed by atoms with Crippen molar-refractivity contribution in [2.45, 2.75) is 6.54 Å². The number of hydrogen-bond donors (Lipinski definition) is 0. The standard InChI is InChI=1S/C12H10ClFN2O2S/c1-15(7-11-2-3-12(13)19-11)9-4-8(14)5-10(6-9)16(17)18/h2-6H,7H2,1H3. The number of rotatable bonds is 4. The average molecular weight is 301 g/mol. The van der Waals surface area contributed by atoms with Crippen molar-refractivity contribution in [1.29, 1.82) is 0 Å². The minimum Gasteiger partial charge on any atom is -0.369 e. The summed E-state index contributed by atoms with van der Waals surface area (Å²) in [5.74, 6) is -0.625. The lowest BCUT2D eigenvalue weighted by Gasteiger charge is -2.18. The van der Waals surface area contributed by atoms with Gasteiger partial charge in [0.05, 0.1) is 21.9 Å². The van der Waals surface area contributed by atoms with Crippen molar-refractivity contribution >= 4 is 34.3 Å². The van der Waals surface area contributed by atoms with Gasteiger partial charge in [0.25, 0.3) is 5.69 Å². The highest BCUT2D eigenvalue weighted by molar-refractivity contribution is 7.16. The van der Waals surface area contributed by atoms with Gasteiger partial charge in [-0.1, -0.05) is 11.6 Å². The predicted molar refractivity (Wildman–Crippen MR) is 74.5 cm³/mol. The molecule has 0 aliphatic heterocycles. The zero-order chi connectivity index (χ0) is 14.0. The molecule has 1 aromatic heterocycles. The lowest BCUT2D eigenvalue weighted by atomic mass is 10.2. The second kappa shape index (κ2) is 5.54. The van der Waals surface area contributed by atoms with E-state index in [0.717, 1.165) is 10.9 Å². The average Bonchev–Trinajstić information content (AvgIpc) is 2.73. The van der Waals surface area contributed by atoms with Gasteiger partial charge >= 0.3 is 0 Å². The number of hydrogen-bond acceptors (Lipinski definition) is 4. The number of nitro benzene ring substituents is 1. The molecule has 0 radical (unpaired) electrons. The van der Waals surface area contributed by atoms with E-state index in [1.165, 1.54) is 23.5 Å². The third kappa shape index (κ3) is 3.42. The molecule has 0 amide bonds. The lowest BCUT2D eigenvalue weighted by molar-refractivity contribution is -0.385. The van der Waals surface area contributed by atoms with Crippen LogP contribution in [0.5, 0.6) is 0 Å². The first-order chi connectivity index (χ1) is 8.95. The van der Waals surface area contributed by atoms with Crippen LogP contribution in [-0.2, 0) is 6.54 Å². The summed E-state index contributed by atoms with van der Waals surface area (Å²) in [5.41, 5.74) is 0.197. The SMILES string of the molecule is CN(Cc1ccc(Cl)s1)c1cc(F)cc([N+](=O)[O-])c1. The van der Waals surface area contributed by atoms with Crippen molar-refractivity contribution in [3.63, 3.8) is 0 Å². The second-order valence-corrected chi connectivity index (χ2v) is 5.79. The Bertz CT molecular complexity index is 618. The van der Waals surface area contributed by atoms with E-state index in [0.29, 0.717) is 16.6 Å². The molecule has 0 N–H and O–H groups in total. The van der Waals surface area contributed by atoms with E-state index in [2.05, 4.69) is 0 Å². The number of nitrogens with zero attached hydrogens (tertiary/aromatic N) is 2. The summed E-state index contributed by atoms with van der Waals surface area (Å²) in [6.07, 6.45) is 0. The van der Waals surface area contributed by atoms with Gasteiger partial charge in [-0.2, -0.15) is 0 Å². The summed E-state index contributed by atoms with van der Waals surface area (Å²) in [4.78, 5) is 12.8. The van der Waals surface area contributed by atoms with Gasteiger partial charge in [0.1, 0.15) is 5.82 Å². The Labute approximate surface area is 118 Å². The Balaban J connectivity index is 2.23. The molecular weight excluding hydrogens is 291 g/mol. The monoisotopic (exact) mass is 300 g/mol. The highest BCUT2D eigenvalue weighted by atomic mass is 35.5. The van der Waals surface area contributed by atoms with Crippen molar-refractivity contribution in [2.75, 3.05) is 11.9 Å². The molecule has 1 aromatic carbocycles. The van der Waals surface area contributed by atoms with Gasteiger partial charge in [0.15, 0.2) is 0 Å². The summed E-state index contributed by atoms with van der Waals surface area (Å²) in [6.45, 7) is 0.512. The maximum atomic E-state index is 13.3. The fourth-order valence-electron chi connectivity index (χ4n) is 1.65. The molecule has 2 aromatic rings. The van der Waals surface area contributed by atoms with Crippen LogP contribution >= 0.6 is 22.9 Å². The first-order valence-corrected chi connectivity index (χ1v) is 6.55. The van der Waals surface area contributed by atoms with E-state index < -0.39 is 10.7 Å². The molecule has 0 saturated heterocycles.